The fraction of sp³-hybridized carbons (Fsp3) is 1.00. The van der Waals surface area contributed by atoms with Gasteiger partial charge in [-0.3, -0.25) is 0 Å². The largest absolute Gasteiger partial charge is 0.248 e. The summed E-state index contributed by atoms with van der Waals surface area (Å²) in [7, 11) is 3.91. The first-order chi connectivity index (χ1) is 5.49. The van der Waals surface area contributed by atoms with Gasteiger partial charge in [0, 0.05) is 18.6 Å². The van der Waals surface area contributed by atoms with Crippen molar-refractivity contribution in [2.24, 2.45) is 5.92 Å². The molecule has 0 saturated heterocycles. The lowest BCUT2D eigenvalue weighted by Gasteiger charge is -2.27. The van der Waals surface area contributed by atoms with Crippen molar-refractivity contribution < 1.29 is 13.0 Å². The van der Waals surface area contributed by atoms with Crippen molar-refractivity contribution in [2.75, 3.05) is 5.75 Å². The zero-order valence-electron chi connectivity index (χ0n) is 6.56. The van der Waals surface area contributed by atoms with Gasteiger partial charge in [-0.15, -0.1) is 0 Å². The summed E-state index contributed by atoms with van der Waals surface area (Å²) in [5.74, 6) is -2.01. The van der Waals surface area contributed by atoms with Gasteiger partial charge in [-0.05, 0) is 29.4 Å². The average Bonchev–Trinajstić information content (AvgIpc) is 1.93. The minimum atomic E-state index is -2.50. The van der Waals surface area contributed by atoms with Gasteiger partial charge < -0.3 is 0 Å². The van der Waals surface area contributed by atoms with Crippen LogP contribution in [0, 0.1) is 5.92 Å². The first kappa shape index (κ1) is 10.4. The molecule has 0 heterocycles. The van der Waals surface area contributed by atoms with Crippen molar-refractivity contribution >= 4 is 20.7 Å². The molecule has 0 amide bonds. The highest BCUT2D eigenvalue weighted by molar-refractivity contribution is 8.08. The van der Waals surface area contributed by atoms with E-state index in [9.17, 15) is 13.0 Å². The molecule has 0 aromatic rings. The summed E-state index contributed by atoms with van der Waals surface area (Å²) >= 11 is 0. The Labute approximate surface area is 77.4 Å². The molecular formula is C7H11ClF2OS. The lowest BCUT2D eigenvalue weighted by molar-refractivity contribution is -0.0434. The van der Waals surface area contributed by atoms with Crippen LogP contribution >= 0.6 is 10.7 Å². The third-order valence-electron chi connectivity index (χ3n) is 2.20. The van der Waals surface area contributed by atoms with E-state index in [0.29, 0.717) is 18.6 Å². The molecule has 0 aromatic heterocycles. The maximum absolute atomic E-state index is 12.6. The zero-order valence-corrected chi connectivity index (χ0v) is 8.14. The Morgan fingerprint density at radius 1 is 1.42 bits per heavy atom. The lowest BCUT2D eigenvalue weighted by Crippen LogP contribution is -2.26. The topological polar surface area (TPSA) is 17.1 Å². The summed E-state index contributed by atoms with van der Waals surface area (Å²) in [6, 6.07) is 0. The van der Waals surface area contributed by atoms with Crippen molar-refractivity contribution in [2.45, 2.75) is 31.6 Å². The molecule has 1 aliphatic carbocycles. The molecule has 0 aromatic carbocycles. The number of rotatable bonds is 2. The summed E-state index contributed by atoms with van der Waals surface area (Å²) < 4.78 is 35.8. The molecule has 0 aliphatic heterocycles. The van der Waals surface area contributed by atoms with E-state index in [1.807, 2.05) is 0 Å². The molecule has 0 radical (unpaired) electrons. The molecule has 72 valence electrons. The standard InChI is InChI=1S/C7H11ClF2OS/c8-12(11)5-6-1-3-7(9,10)4-2-6/h6H,1-5H2. The SMILES string of the molecule is O=S(Cl)CC1CCC(F)(F)CC1. The summed E-state index contributed by atoms with van der Waals surface area (Å²) in [6.45, 7) is 0. The highest BCUT2D eigenvalue weighted by Gasteiger charge is 2.35. The molecule has 12 heavy (non-hydrogen) atoms. The molecule has 0 spiro atoms. The fourth-order valence-corrected chi connectivity index (χ4v) is 2.69. The Morgan fingerprint density at radius 2 is 1.92 bits per heavy atom. The van der Waals surface area contributed by atoms with Crippen LogP contribution in [0.4, 0.5) is 8.78 Å². The number of hydrogen-bond acceptors (Lipinski definition) is 1. The van der Waals surface area contributed by atoms with E-state index < -0.39 is 15.9 Å². The number of alkyl halides is 2. The fourth-order valence-electron chi connectivity index (χ4n) is 1.45. The van der Waals surface area contributed by atoms with Crippen molar-refractivity contribution in [3.8, 4) is 0 Å². The molecular weight excluding hydrogens is 206 g/mol. The summed E-state index contributed by atoms with van der Waals surface area (Å²) in [5, 5.41) is 0. The maximum atomic E-state index is 12.6. The van der Waals surface area contributed by atoms with Crippen LogP contribution in [0.15, 0.2) is 0 Å². The Hall–Kier alpha value is 0.300. The van der Waals surface area contributed by atoms with Gasteiger partial charge in [0.1, 0.15) is 10.0 Å². The molecule has 1 aliphatic rings. The van der Waals surface area contributed by atoms with Crippen LogP contribution in [0.1, 0.15) is 25.7 Å². The second-order valence-corrected chi connectivity index (χ2v) is 5.20. The second kappa shape index (κ2) is 4.01. The van der Waals surface area contributed by atoms with Crippen LogP contribution in [0.25, 0.3) is 0 Å². The highest BCUT2D eigenvalue weighted by Crippen LogP contribution is 2.36. The molecule has 5 heteroatoms. The molecule has 0 N–H and O–H groups in total. The van der Waals surface area contributed by atoms with E-state index >= 15 is 0 Å². The Bertz CT molecular complexity index is 176. The lowest BCUT2D eigenvalue weighted by atomic mass is 9.88. The van der Waals surface area contributed by atoms with Crippen LogP contribution in [0.3, 0.4) is 0 Å². The van der Waals surface area contributed by atoms with Crippen molar-refractivity contribution in [1.82, 2.24) is 0 Å². The van der Waals surface area contributed by atoms with Gasteiger partial charge in [0.15, 0.2) is 0 Å². The van der Waals surface area contributed by atoms with E-state index in [1.165, 1.54) is 0 Å². The van der Waals surface area contributed by atoms with E-state index in [2.05, 4.69) is 0 Å². The normalized spacial score (nSPS) is 26.9. The third-order valence-corrected chi connectivity index (χ3v) is 3.31. The predicted octanol–water partition coefficient (Wildman–Crippen LogP) is 2.71. The smallest absolute Gasteiger partial charge is 0.243 e. The summed E-state index contributed by atoms with van der Waals surface area (Å²) in [4.78, 5) is 0. The molecule has 0 bridgehead atoms. The molecule has 1 rings (SSSR count). The molecule has 1 nitrogen and oxygen atoms in total. The minimum Gasteiger partial charge on any atom is -0.243 e. The second-order valence-electron chi connectivity index (χ2n) is 3.26. The van der Waals surface area contributed by atoms with Crippen LogP contribution in [-0.4, -0.2) is 15.9 Å². The minimum absolute atomic E-state index is 0.0776. The van der Waals surface area contributed by atoms with Crippen LogP contribution in [-0.2, 0) is 10.0 Å². The zero-order chi connectivity index (χ0) is 9.19. The van der Waals surface area contributed by atoms with Crippen LogP contribution in [0.2, 0.25) is 0 Å². The number of hydrogen-bond donors (Lipinski definition) is 0. The quantitative estimate of drug-likeness (QED) is 0.649. The van der Waals surface area contributed by atoms with E-state index in [0.717, 1.165) is 0 Å². The third kappa shape index (κ3) is 3.35. The van der Waals surface area contributed by atoms with Crippen molar-refractivity contribution in [1.29, 1.82) is 0 Å². The van der Waals surface area contributed by atoms with E-state index in [4.69, 9.17) is 10.7 Å². The van der Waals surface area contributed by atoms with E-state index in [1.54, 1.807) is 0 Å². The average molecular weight is 217 g/mol. The predicted molar refractivity (Wildman–Crippen MR) is 45.8 cm³/mol. The monoisotopic (exact) mass is 216 g/mol. The van der Waals surface area contributed by atoms with Gasteiger partial charge in [0.25, 0.3) is 0 Å². The van der Waals surface area contributed by atoms with Crippen molar-refractivity contribution in [3.05, 3.63) is 0 Å². The van der Waals surface area contributed by atoms with Gasteiger partial charge in [0.2, 0.25) is 5.92 Å². The maximum Gasteiger partial charge on any atom is 0.248 e. The first-order valence-electron chi connectivity index (χ1n) is 3.92. The Balaban J connectivity index is 2.31. The van der Waals surface area contributed by atoms with Gasteiger partial charge >= 0.3 is 0 Å². The Morgan fingerprint density at radius 3 is 2.33 bits per heavy atom. The summed E-state index contributed by atoms with van der Waals surface area (Å²) in [6.07, 6.45) is 0.744. The molecule has 1 unspecified atom stereocenters. The molecule has 1 atom stereocenters. The van der Waals surface area contributed by atoms with Crippen molar-refractivity contribution in [3.63, 3.8) is 0 Å². The summed E-state index contributed by atoms with van der Waals surface area (Å²) in [5.41, 5.74) is 0. The van der Waals surface area contributed by atoms with Crippen LogP contribution < -0.4 is 0 Å². The highest BCUT2D eigenvalue weighted by atomic mass is 35.7. The molecule has 1 fully saturated rings. The Kier molecular flexibility index (Phi) is 3.47. The van der Waals surface area contributed by atoms with E-state index in [-0.39, 0.29) is 18.8 Å². The van der Waals surface area contributed by atoms with Crippen LogP contribution in [0.5, 0.6) is 0 Å². The van der Waals surface area contributed by atoms with Gasteiger partial charge in [0.05, 0.1) is 0 Å². The number of halogens is 3. The van der Waals surface area contributed by atoms with Gasteiger partial charge in [-0.2, -0.15) is 0 Å². The first-order valence-corrected chi connectivity index (χ1v) is 6.06. The van der Waals surface area contributed by atoms with Gasteiger partial charge in [-0.25, -0.2) is 13.0 Å². The molecule has 1 saturated carbocycles. The van der Waals surface area contributed by atoms with Gasteiger partial charge in [-0.1, -0.05) is 0 Å².